The highest BCUT2D eigenvalue weighted by atomic mass is 16.6. The fourth-order valence-corrected chi connectivity index (χ4v) is 5.66. The summed E-state index contributed by atoms with van der Waals surface area (Å²) in [5.41, 5.74) is 14.3. The van der Waals surface area contributed by atoms with Crippen molar-refractivity contribution in [2.24, 2.45) is 16.0 Å². The van der Waals surface area contributed by atoms with Gasteiger partial charge in [0.25, 0.3) is 5.91 Å². The van der Waals surface area contributed by atoms with Gasteiger partial charge in [-0.25, -0.2) is 10.4 Å². The Morgan fingerprint density at radius 3 is 2.56 bits per heavy atom. The summed E-state index contributed by atoms with van der Waals surface area (Å²) in [4.78, 5) is 35.1. The molecule has 0 unspecified atom stereocenters. The number of hydrogen-bond donors (Lipinski definition) is 3. The van der Waals surface area contributed by atoms with Crippen molar-refractivity contribution in [1.29, 1.82) is 0 Å². The molecule has 2 aromatic rings. The van der Waals surface area contributed by atoms with Crippen molar-refractivity contribution in [1.82, 2.24) is 10.9 Å². The lowest BCUT2D eigenvalue weighted by Crippen LogP contribution is -2.53. The molecule has 0 spiro atoms. The number of aliphatic hydroxyl groups is 1. The van der Waals surface area contributed by atoms with Crippen LogP contribution in [0.25, 0.3) is 10.4 Å². The topological polar surface area (TPSA) is 167 Å². The van der Waals surface area contributed by atoms with Gasteiger partial charge < -0.3 is 19.3 Å². The van der Waals surface area contributed by atoms with Crippen LogP contribution in [0.3, 0.4) is 0 Å². The molecular weight excluding hydrogens is 576 g/mol. The van der Waals surface area contributed by atoms with Crippen LogP contribution in [0.1, 0.15) is 89.4 Å². The summed E-state index contributed by atoms with van der Waals surface area (Å²) in [5.74, 6) is 0.318. The number of aliphatic imine (C=N–C) groups is 1. The van der Waals surface area contributed by atoms with Crippen LogP contribution in [-0.4, -0.2) is 53.8 Å². The minimum atomic E-state index is -1.61. The van der Waals surface area contributed by atoms with Gasteiger partial charge in [-0.05, 0) is 75.7 Å². The Morgan fingerprint density at radius 1 is 1.13 bits per heavy atom. The van der Waals surface area contributed by atoms with E-state index < -0.39 is 29.1 Å². The first-order valence-electron chi connectivity index (χ1n) is 15.6. The van der Waals surface area contributed by atoms with Crippen molar-refractivity contribution in [3.63, 3.8) is 0 Å². The molecule has 4 rings (SSSR count). The summed E-state index contributed by atoms with van der Waals surface area (Å²) < 4.78 is 17.7. The number of ether oxygens (including phenoxy) is 3. The lowest BCUT2D eigenvalue weighted by Gasteiger charge is -2.32. The number of rotatable bonds is 14. The normalized spacial score (nSPS) is 20.0. The van der Waals surface area contributed by atoms with Crippen LogP contribution in [0.4, 0.5) is 5.69 Å². The largest absolute Gasteiger partial charge is 0.494 e. The molecule has 0 saturated heterocycles. The molecule has 2 aromatic carbocycles. The van der Waals surface area contributed by atoms with Crippen LogP contribution in [0.5, 0.6) is 5.75 Å². The van der Waals surface area contributed by atoms with Gasteiger partial charge in [-0.1, -0.05) is 48.6 Å². The van der Waals surface area contributed by atoms with Crippen LogP contribution in [0.2, 0.25) is 0 Å². The predicted octanol–water partition coefficient (Wildman–Crippen LogP) is 5.97. The fourth-order valence-electron chi connectivity index (χ4n) is 5.66. The highest BCUT2D eigenvalue weighted by Gasteiger charge is 2.54. The molecule has 1 saturated carbocycles. The molecule has 3 N–H and O–H groups in total. The molecule has 0 radical (unpaired) electrons. The third kappa shape index (κ3) is 9.20. The molecule has 1 aliphatic carbocycles. The second-order valence-electron chi connectivity index (χ2n) is 12.5. The minimum absolute atomic E-state index is 0.0278. The molecule has 2 atom stereocenters. The van der Waals surface area contributed by atoms with Gasteiger partial charge in [-0.15, -0.1) is 0 Å². The SMILES string of the molecule is CC(C)(C)OC(=O)CC[C@]1(C(=O)NNCC2CCCCC2)N=C(c2ccc(OCCCO)cc2)O[C@H]1c1ccccc1N=[N+]=[N-]. The van der Waals surface area contributed by atoms with Gasteiger partial charge in [-0.2, -0.15) is 0 Å². The van der Waals surface area contributed by atoms with Crippen LogP contribution in [0.15, 0.2) is 58.6 Å². The van der Waals surface area contributed by atoms with Crippen LogP contribution in [-0.2, 0) is 19.1 Å². The van der Waals surface area contributed by atoms with E-state index in [1.807, 2.05) is 0 Å². The predicted molar refractivity (Wildman–Crippen MR) is 170 cm³/mol. The quantitative estimate of drug-likeness (QED) is 0.0584. The van der Waals surface area contributed by atoms with E-state index in [2.05, 4.69) is 20.9 Å². The number of hydrogen-bond acceptors (Lipinski definition) is 9. The molecule has 0 bridgehead atoms. The van der Waals surface area contributed by atoms with Gasteiger partial charge in [0.15, 0.2) is 11.6 Å². The zero-order valence-corrected chi connectivity index (χ0v) is 26.3. The van der Waals surface area contributed by atoms with Gasteiger partial charge in [-0.3, -0.25) is 15.0 Å². The smallest absolute Gasteiger partial charge is 0.306 e. The third-order valence-corrected chi connectivity index (χ3v) is 7.85. The summed E-state index contributed by atoms with van der Waals surface area (Å²) in [6.45, 7) is 6.37. The summed E-state index contributed by atoms with van der Waals surface area (Å²) in [6.07, 6.45) is 5.12. The van der Waals surface area contributed by atoms with Crippen molar-refractivity contribution >= 4 is 23.5 Å². The van der Waals surface area contributed by atoms with Gasteiger partial charge in [0.2, 0.25) is 5.90 Å². The first-order valence-corrected chi connectivity index (χ1v) is 15.6. The van der Waals surface area contributed by atoms with Gasteiger partial charge in [0.1, 0.15) is 11.4 Å². The van der Waals surface area contributed by atoms with E-state index in [-0.39, 0.29) is 25.3 Å². The van der Waals surface area contributed by atoms with E-state index >= 15 is 0 Å². The maximum atomic E-state index is 14.3. The van der Waals surface area contributed by atoms with E-state index in [1.165, 1.54) is 19.3 Å². The van der Waals surface area contributed by atoms with Crippen molar-refractivity contribution in [3.8, 4) is 5.75 Å². The van der Waals surface area contributed by atoms with Gasteiger partial charge in [0.05, 0.1) is 6.61 Å². The van der Waals surface area contributed by atoms with E-state index in [0.717, 1.165) is 12.8 Å². The Kier molecular flexibility index (Phi) is 11.8. The van der Waals surface area contributed by atoms with Crippen LogP contribution < -0.4 is 15.6 Å². The van der Waals surface area contributed by atoms with E-state index in [0.29, 0.717) is 48.1 Å². The van der Waals surface area contributed by atoms with Crippen molar-refractivity contribution in [3.05, 3.63) is 70.1 Å². The maximum Gasteiger partial charge on any atom is 0.306 e. The third-order valence-electron chi connectivity index (χ3n) is 7.85. The Hall–Kier alpha value is -4.12. The number of amides is 1. The Labute approximate surface area is 264 Å². The fraction of sp³-hybridized carbons (Fsp3) is 0.545. The minimum Gasteiger partial charge on any atom is -0.494 e. The van der Waals surface area contributed by atoms with Gasteiger partial charge >= 0.3 is 5.97 Å². The number of hydrazine groups is 1. The van der Waals surface area contributed by atoms with E-state index in [9.17, 15) is 15.1 Å². The lowest BCUT2D eigenvalue weighted by molar-refractivity contribution is -0.155. The molecule has 242 valence electrons. The molecular formula is C33H44N6O6. The number of aliphatic hydroxyl groups excluding tert-OH is 1. The zero-order valence-electron chi connectivity index (χ0n) is 26.3. The molecule has 12 nitrogen and oxygen atoms in total. The van der Waals surface area contributed by atoms with Gasteiger partial charge in [0, 0.05) is 47.7 Å². The number of azide groups is 1. The number of benzene rings is 2. The molecule has 1 fully saturated rings. The number of carbonyl (C=O) groups is 2. The summed E-state index contributed by atoms with van der Waals surface area (Å²) in [5, 5.41) is 12.9. The van der Waals surface area contributed by atoms with Crippen molar-refractivity contribution in [2.45, 2.75) is 89.4 Å². The first kappa shape index (κ1) is 33.8. The number of nitrogens with zero attached hydrogens (tertiary/aromatic N) is 4. The second-order valence-corrected chi connectivity index (χ2v) is 12.5. The number of esters is 1. The average molecular weight is 621 g/mol. The molecule has 1 amide bonds. The molecule has 1 aliphatic heterocycles. The number of carbonyl (C=O) groups excluding carboxylic acids is 2. The second kappa shape index (κ2) is 15.7. The van der Waals surface area contributed by atoms with Crippen molar-refractivity contribution in [2.75, 3.05) is 19.8 Å². The summed E-state index contributed by atoms with van der Waals surface area (Å²) in [7, 11) is 0. The molecule has 1 heterocycles. The molecule has 0 aromatic heterocycles. The zero-order chi connectivity index (χ0) is 32.3. The van der Waals surface area contributed by atoms with E-state index in [1.54, 1.807) is 69.3 Å². The Bertz CT molecular complexity index is 1380. The lowest BCUT2D eigenvalue weighted by atomic mass is 9.83. The Balaban J connectivity index is 1.71. The maximum absolute atomic E-state index is 14.3. The highest BCUT2D eigenvalue weighted by molar-refractivity contribution is 6.01. The average Bonchev–Trinajstić information content (AvgIpc) is 3.41. The molecule has 45 heavy (non-hydrogen) atoms. The van der Waals surface area contributed by atoms with Crippen LogP contribution in [0, 0.1) is 5.92 Å². The van der Waals surface area contributed by atoms with Crippen LogP contribution >= 0.6 is 0 Å². The first-order chi connectivity index (χ1) is 21.6. The summed E-state index contributed by atoms with van der Waals surface area (Å²) >= 11 is 0. The monoisotopic (exact) mass is 620 g/mol. The number of nitrogens with one attached hydrogen (secondary N) is 2. The van der Waals surface area contributed by atoms with Crippen molar-refractivity contribution < 1.29 is 28.9 Å². The standard InChI is InChI=1S/C33H44N6O6/c1-32(2,3)45-28(41)18-19-33(31(42)38-35-22-23-10-5-4-6-11-23)29(26-12-7-8-13-27(26)37-39-34)44-30(36-33)24-14-16-25(17-15-24)43-21-9-20-40/h7-8,12-17,23,29,35,40H,4-6,9-11,18-22H2,1-3H3,(H,38,42)/t29-,33-/m0/s1. The summed E-state index contributed by atoms with van der Waals surface area (Å²) in [6, 6.07) is 13.9. The van der Waals surface area contributed by atoms with E-state index in [4.69, 9.17) is 24.3 Å². The molecule has 2 aliphatic rings. The molecule has 12 heteroatoms. The highest BCUT2D eigenvalue weighted by Crippen LogP contribution is 2.46. The Morgan fingerprint density at radius 2 is 1.87 bits per heavy atom.